The number of benzene rings is 3. The molecule has 0 N–H and O–H groups in total. The molecule has 0 atom stereocenters. The second-order valence-electron chi connectivity index (χ2n) is 8.24. The van der Waals surface area contributed by atoms with Gasteiger partial charge < -0.3 is 4.42 Å². The van der Waals surface area contributed by atoms with Crippen molar-refractivity contribution in [3.8, 4) is 17.1 Å². The molecule has 0 aliphatic carbocycles. The van der Waals surface area contributed by atoms with E-state index in [1.54, 1.807) is 12.3 Å². The fraction of sp³-hybridized carbons (Fsp3) is 0. The van der Waals surface area contributed by atoms with Crippen LogP contribution in [0.25, 0.3) is 55.4 Å². The fourth-order valence-electron chi connectivity index (χ4n) is 4.56. The van der Waals surface area contributed by atoms with Crippen molar-refractivity contribution in [1.29, 1.82) is 0 Å². The molecule has 0 spiro atoms. The van der Waals surface area contributed by atoms with Gasteiger partial charge in [0.05, 0.1) is 23.0 Å². The number of rotatable bonds is 5. The minimum Gasteiger partial charge on any atom is -0.462 e. The van der Waals surface area contributed by atoms with Gasteiger partial charge in [-0.25, -0.2) is 4.98 Å². The van der Waals surface area contributed by atoms with Crippen molar-refractivity contribution in [2.24, 2.45) is 0 Å². The number of aromatic nitrogens is 2. The standard InChI is InChI=1S/C31H22N2O/c1-3-4-10-21(2)24-19-27(22-11-6-5-7-12-22)32-29(20-24)33-28-14-9-8-13-25(28)26-16-15-23-17-18-34-31(23)30(26)33/h3-20H,1-2H2. The molecular weight excluding hydrogens is 416 g/mol. The highest BCUT2D eigenvalue weighted by Gasteiger charge is 2.18. The van der Waals surface area contributed by atoms with E-state index in [4.69, 9.17) is 9.40 Å². The molecule has 0 amide bonds. The third kappa shape index (κ3) is 3.18. The predicted octanol–water partition coefficient (Wildman–Crippen LogP) is 8.35. The van der Waals surface area contributed by atoms with Crippen molar-refractivity contribution >= 4 is 38.3 Å². The van der Waals surface area contributed by atoms with Crippen LogP contribution in [0.3, 0.4) is 0 Å². The van der Waals surface area contributed by atoms with Gasteiger partial charge in [0.25, 0.3) is 0 Å². The maximum Gasteiger partial charge on any atom is 0.158 e. The zero-order valence-corrected chi connectivity index (χ0v) is 18.6. The first-order chi connectivity index (χ1) is 16.7. The molecule has 162 valence electrons. The van der Waals surface area contributed by atoms with Crippen LogP contribution in [0.1, 0.15) is 5.56 Å². The lowest BCUT2D eigenvalue weighted by molar-refractivity contribution is 0.618. The number of hydrogen-bond acceptors (Lipinski definition) is 2. The minimum atomic E-state index is 0.819. The molecule has 34 heavy (non-hydrogen) atoms. The molecule has 3 nitrogen and oxygen atoms in total. The van der Waals surface area contributed by atoms with E-state index in [9.17, 15) is 0 Å². The number of nitrogens with zero attached hydrogens (tertiary/aromatic N) is 2. The first-order valence-electron chi connectivity index (χ1n) is 11.2. The molecule has 6 aromatic rings. The quantitative estimate of drug-likeness (QED) is 0.253. The molecule has 3 aromatic heterocycles. The SMILES string of the molecule is C=CC=CC(=C)c1cc(-c2ccccc2)nc(-n2c3ccccc3c3ccc4ccoc4c32)c1. The van der Waals surface area contributed by atoms with Gasteiger partial charge in [-0.3, -0.25) is 4.57 Å². The lowest BCUT2D eigenvalue weighted by Gasteiger charge is -2.13. The number of furan rings is 1. The summed E-state index contributed by atoms with van der Waals surface area (Å²) in [4.78, 5) is 5.14. The van der Waals surface area contributed by atoms with Gasteiger partial charge in [0.2, 0.25) is 0 Å². The number of hydrogen-bond donors (Lipinski definition) is 0. The Morgan fingerprint density at radius 1 is 0.882 bits per heavy atom. The summed E-state index contributed by atoms with van der Waals surface area (Å²) in [6, 6.07) is 29.1. The fourth-order valence-corrected chi connectivity index (χ4v) is 4.56. The first-order valence-corrected chi connectivity index (χ1v) is 11.2. The van der Waals surface area contributed by atoms with Crippen LogP contribution < -0.4 is 0 Å². The van der Waals surface area contributed by atoms with Crippen molar-refractivity contribution in [3.63, 3.8) is 0 Å². The lowest BCUT2D eigenvalue weighted by atomic mass is 10.0. The maximum absolute atomic E-state index is 5.98. The second kappa shape index (κ2) is 8.05. The smallest absolute Gasteiger partial charge is 0.158 e. The summed E-state index contributed by atoms with van der Waals surface area (Å²) in [5, 5.41) is 3.36. The molecule has 3 aromatic carbocycles. The van der Waals surface area contributed by atoms with Crippen molar-refractivity contribution < 1.29 is 4.42 Å². The highest BCUT2D eigenvalue weighted by molar-refractivity contribution is 6.17. The number of pyridine rings is 1. The van der Waals surface area contributed by atoms with Crippen LogP contribution in [-0.2, 0) is 0 Å². The summed E-state index contributed by atoms with van der Waals surface area (Å²) < 4.78 is 8.19. The summed E-state index contributed by atoms with van der Waals surface area (Å²) in [6.45, 7) is 8.08. The van der Waals surface area contributed by atoms with E-state index in [2.05, 4.69) is 78.4 Å². The zero-order valence-electron chi connectivity index (χ0n) is 18.6. The van der Waals surface area contributed by atoms with Crippen LogP contribution in [0, 0.1) is 0 Å². The van der Waals surface area contributed by atoms with Gasteiger partial charge >= 0.3 is 0 Å². The van der Waals surface area contributed by atoms with Gasteiger partial charge in [-0.2, -0.15) is 0 Å². The topological polar surface area (TPSA) is 31.0 Å². The van der Waals surface area contributed by atoms with Crippen LogP contribution in [0.15, 0.2) is 127 Å². The van der Waals surface area contributed by atoms with E-state index in [-0.39, 0.29) is 0 Å². The van der Waals surface area contributed by atoms with E-state index in [0.717, 1.165) is 61.0 Å². The second-order valence-corrected chi connectivity index (χ2v) is 8.24. The van der Waals surface area contributed by atoms with Gasteiger partial charge in [0.1, 0.15) is 5.82 Å². The molecular formula is C31H22N2O. The van der Waals surface area contributed by atoms with Gasteiger partial charge in [0.15, 0.2) is 5.58 Å². The summed E-state index contributed by atoms with van der Waals surface area (Å²) in [6.07, 6.45) is 7.37. The van der Waals surface area contributed by atoms with E-state index in [0.29, 0.717) is 0 Å². The molecule has 0 bridgehead atoms. The van der Waals surface area contributed by atoms with Gasteiger partial charge in [0, 0.05) is 21.7 Å². The summed E-state index contributed by atoms with van der Waals surface area (Å²) in [7, 11) is 0. The van der Waals surface area contributed by atoms with Crippen molar-refractivity contribution in [2.45, 2.75) is 0 Å². The Morgan fingerprint density at radius 2 is 1.71 bits per heavy atom. The summed E-state index contributed by atoms with van der Waals surface area (Å²) in [5.41, 5.74) is 6.78. The Labute approximate surface area is 197 Å². The van der Waals surface area contributed by atoms with Crippen molar-refractivity contribution in [3.05, 3.63) is 128 Å². The van der Waals surface area contributed by atoms with Gasteiger partial charge in [-0.15, -0.1) is 0 Å². The number of fused-ring (bicyclic) bond motifs is 5. The van der Waals surface area contributed by atoms with E-state index in [1.807, 2.05) is 36.4 Å². The molecule has 0 radical (unpaired) electrons. The van der Waals surface area contributed by atoms with Gasteiger partial charge in [-0.05, 0) is 35.4 Å². The average molecular weight is 439 g/mol. The van der Waals surface area contributed by atoms with E-state index < -0.39 is 0 Å². The van der Waals surface area contributed by atoms with Crippen LogP contribution in [0.5, 0.6) is 0 Å². The van der Waals surface area contributed by atoms with E-state index >= 15 is 0 Å². The Hall–Kier alpha value is -4.63. The third-order valence-electron chi connectivity index (χ3n) is 6.17. The Balaban J connectivity index is 1.72. The Kier molecular flexibility index (Phi) is 4.74. The normalized spacial score (nSPS) is 11.6. The molecule has 0 aliphatic rings. The Bertz CT molecular complexity index is 1730. The van der Waals surface area contributed by atoms with Crippen LogP contribution in [0.4, 0.5) is 0 Å². The zero-order chi connectivity index (χ0) is 23.1. The van der Waals surface area contributed by atoms with Crippen LogP contribution >= 0.6 is 0 Å². The molecule has 0 saturated carbocycles. The molecule has 0 unspecified atom stereocenters. The summed E-state index contributed by atoms with van der Waals surface area (Å²) >= 11 is 0. The number of para-hydroxylation sites is 1. The molecule has 0 saturated heterocycles. The minimum absolute atomic E-state index is 0.819. The van der Waals surface area contributed by atoms with Gasteiger partial charge in [-0.1, -0.05) is 92.0 Å². The highest BCUT2D eigenvalue weighted by atomic mass is 16.3. The molecule has 3 heterocycles. The monoisotopic (exact) mass is 438 g/mol. The van der Waals surface area contributed by atoms with Crippen molar-refractivity contribution in [2.75, 3.05) is 0 Å². The predicted molar refractivity (Wildman–Crippen MR) is 142 cm³/mol. The molecule has 0 aliphatic heterocycles. The number of allylic oxidation sites excluding steroid dienone is 4. The lowest BCUT2D eigenvalue weighted by Crippen LogP contribution is -2.01. The highest BCUT2D eigenvalue weighted by Crippen LogP contribution is 2.37. The largest absolute Gasteiger partial charge is 0.462 e. The average Bonchev–Trinajstić information content (AvgIpc) is 3.50. The first kappa shape index (κ1) is 20.0. The van der Waals surface area contributed by atoms with Crippen molar-refractivity contribution in [1.82, 2.24) is 9.55 Å². The maximum atomic E-state index is 5.98. The van der Waals surface area contributed by atoms with Crippen LogP contribution in [0.2, 0.25) is 0 Å². The molecule has 6 rings (SSSR count). The summed E-state index contributed by atoms with van der Waals surface area (Å²) in [5.74, 6) is 0.819. The van der Waals surface area contributed by atoms with E-state index in [1.165, 1.54) is 0 Å². The Morgan fingerprint density at radius 3 is 2.56 bits per heavy atom. The molecule has 0 fully saturated rings. The third-order valence-corrected chi connectivity index (χ3v) is 6.17. The molecule has 3 heteroatoms. The van der Waals surface area contributed by atoms with Crippen LogP contribution in [-0.4, -0.2) is 9.55 Å².